The van der Waals surface area contributed by atoms with Crippen molar-refractivity contribution in [2.45, 2.75) is 26.3 Å². The first-order chi connectivity index (χ1) is 11.8. The molecule has 3 heterocycles. The van der Waals surface area contributed by atoms with Crippen molar-refractivity contribution < 1.29 is 19.5 Å². The van der Waals surface area contributed by atoms with E-state index < -0.39 is 17.9 Å². The van der Waals surface area contributed by atoms with Gasteiger partial charge in [0.2, 0.25) is 5.91 Å². The lowest BCUT2D eigenvalue weighted by Gasteiger charge is -2.21. The minimum atomic E-state index is -0.888. The Balaban J connectivity index is 1.66. The van der Waals surface area contributed by atoms with Gasteiger partial charge in [0.25, 0.3) is 5.91 Å². The van der Waals surface area contributed by atoms with E-state index in [0.29, 0.717) is 17.8 Å². The van der Waals surface area contributed by atoms with Crippen molar-refractivity contribution in [3.05, 3.63) is 16.6 Å². The predicted molar refractivity (Wildman–Crippen MR) is 92.6 cm³/mol. The molecule has 25 heavy (non-hydrogen) atoms. The summed E-state index contributed by atoms with van der Waals surface area (Å²) in [5, 5.41) is 17.0. The Labute approximate surface area is 148 Å². The summed E-state index contributed by atoms with van der Waals surface area (Å²) in [4.78, 5) is 38.8. The second-order valence-electron chi connectivity index (χ2n) is 6.34. The summed E-state index contributed by atoms with van der Waals surface area (Å²) in [7, 11) is 1.83. The molecule has 2 aromatic rings. The second kappa shape index (κ2) is 6.47. The number of likely N-dealkylation sites (tertiary alicyclic amines) is 1. The van der Waals surface area contributed by atoms with Crippen LogP contribution in [0.25, 0.3) is 10.2 Å². The molecule has 1 saturated heterocycles. The van der Waals surface area contributed by atoms with Gasteiger partial charge in [0.05, 0.1) is 16.5 Å². The molecule has 1 aliphatic rings. The summed E-state index contributed by atoms with van der Waals surface area (Å²) in [6.07, 6.45) is 0.449. The molecular weight excluding hydrogens is 344 g/mol. The average Bonchev–Trinajstić information content (AvgIpc) is 3.25. The van der Waals surface area contributed by atoms with Gasteiger partial charge in [-0.05, 0) is 26.3 Å². The van der Waals surface area contributed by atoms with Crippen LogP contribution in [0, 0.1) is 12.8 Å². The number of aryl methyl sites for hydroxylation is 2. The molecule has 2 amide bonds. The van der Waals surface area contributed by atoms with Gasteiger partial charge in [-0.15, -0.1) is 11.3 Å². The number of amides is 2. The molecule has 3 rings (SSSR count). The minimum absolute atomic E-state index is 0.197. The zero-order chi connectivity index (χ0) is 18.3. The van der Waals surface area contributed by atoms with Crippen molar-refractivity contribution in [1.82, 2.24) is 20.0 Å². The SMILES string of the molecule is Cc1nn(C)c2sc(C(=O)NC(C)C(=O)N3CCC(C(=O)O)C3)cc12. The molecule has 8 nitrogen and oxygen atoms in total. The number of carbonyl (C=O) groups excluding carboxylic acids is 2. The van der Waals surface area contributed by atoms with Crippen LogP contribution in [0.5, 0.6) is 0 Å². The lowest BCUT2D eigenvalue weighted by molar-refractivity contribution is -0.141. The Bertz CT molecular complexity index is 821. The number of carbonyl (C=O) groups is 3. The number of aliphatic carboxylic acids is 1. The number of fused-ring (bicyclic) bond motifs is 1. The molecule has 2 unspecified atom stereocenters. The standard InChI is InChI=1S/C16H20N4O4S/c1-8-11-6-12(25-15(11)19(3)18-8)13(21)17-9(2)14(22)20-5-4-10(7-20)16(23)24/h6,9-10H,4-5,7H2,1-3H3,(H,17,21)(H,23,24). The highest BCUT2D eigenvalue weighted by atomic mass is 32.1. The van der Waals surface area contributed by atoms with Crippen molar-refractivity contribution in [1.29, 1.82) is 0 Å². The van der Waals surface area contributed by atoms with Crippen molar-refractivity contribution in [2.75, 3.05) is 13.1 Å². The highest BCUT2D eigenvalue weighted by Gasteiger charge is 2.33. The van der Waals surface area contributed by atoms with E-state index in [9.17, 15) is 14.4 Å². The van der Waals surface area contributed by atoms with Crippen molar-refractivity contribution >= 4 is 39.3 Å². The number of hydrogen-bond donors (Lipinski definition) is 2. The number of hydrogen-bond acceptors (Lipinski definition) is 5. The largest absolute Gasteiger partial charge is 0.481 e. The van der Waals surface area contributed by atoms with Crippen LogP contribution in [0.4, 0.5) is 0 Å². The van der Waals surface area contributed by atoms with Gasteiger partial charge in [-0.3, -0.25) is 19.1 Å². The van der Waals surface area contributed by atoms with Crippen LogP contribution in [0.2, 0.25) is 0 Å². The zero-order valence-electron chi connectivity index (χ0n) is 14.3. The Hall–Kier alpha value is -2.42. The van der Waals surface area contributed by atoms with Gasteiger partial charge in [-0.1, -0.05) is 0 Å². The fraction of sp³-hybridized carbons (Fsp3) is 0.500. The minimum Gasteiger partial charge on any atom is -0.481 e. The van der Waals surface area contributed by atoms with E-state index in [1.165, 1.54) is 16.2 Å². The molecule has 1 fully saturated rings. The van der Waals surface area contributed by atoms with Gasteiger partial charge in [0.1, 0.15) is 10.9 Å². The van der Waals surface area contributed by atoms with E-state index in [0.717, 1.165) is 15.9 Å². The molecule has 9 heteroatoms. The number of carboxylic acid groups (broad SMARTS) is 1. The molecular formula is C16H20N4O4S. The molecule has 0 saturated carbocycles. The number of carboxylic acids is 1. The maximum absolute atomic E-state index is 12.4. The van der Waals surface area contributed by atoms with E-state index in [4.69, 9.17) is 5.11 Å². The van der Waals surface area contributed by atoms with Crippen LogP contribution in [0.3, 0.4) is 0 Å². The van der Waals surface area contributed by atoms with Crippen LogP contribution in [0.15, 0.2) is 6.07 Å². The summed E-state index contributed by atoms with van der Waals surface area (Å²) in [6, 6.07) is 1.08. The third-order valence-electron chi connectivity index (χ3n) is 4.49. The Morgan fingerprint density at radius 2 is 2.16 bits per heavy atom. The first-order valence-electron chi connectivity index (χ1n) is 8.03. The van der Waals surface area contributed by atoms with E-state index in [-0.39, 0.29) is 18.4 Å². The summed E-state index contributed by atoms with van der Waals surface area (Å²) in [5.74, 6) is -1.97. The number of nitrogens with one attached hydrogen (secondary N) is 1. The van der Waals surface area contributed by atoms with Crippen molar-refractivity contribution in [3.63, 3.8) is 0 Å². The molecule has 2 aromatic heterocycles. The number of nitrogens with zero attached hydrogens (tertiary/aromatic N) is 3. The Kier molecular flexibility index (Phi) is 4.51. The molecule has 0 radical (unpaired) electrons. The smallest absolute Gasteiger partial charge is 0.308 e. The topological polar surface area (TPSA) is 105 Å². The highest BCUT2D eigenvalue weighted by molar-refractivity contribution is 7.20. The summed E-state index contributed by atoms with van der Waals surface area (Å²) in [5.41, 5.74) is 0.855. The van der Waals surface area contributed by atoms with Gasteiger partial charge in [0, 0.05) is 25.5 Å². The lowest BCUT2D eigenvalue weighted by Crippen LogP contribution is -2.46. The van der Waals surface area contributed by atoms with E-state index >= 15 is 0 Å². The maximum atomic E-state index is 12.4. The Morgan fingerprint density at radius 1 is 1.44 bits per heavy atom. The monoisotopic (exact) mass is 364 g/mol. The molecule has 0 aliphatic carbocycles. The predicted octanol–water partition coefficient (Wildman–Crippen LogP) is 0.995. The Morgan fingerprint density at radius 3 is 2.76 bits per heavy atom. The first-order valence-corrected chi connectivity index (χ1v) is 8.85. The fourth-order valence-corrected chi connectivity index (χ4v) is 4.11. The van der Waals surface area contributed by atoms with Crippen molar-refractivity contribution in [3.8, 4) is 0 Å². The molecule has 0 aromatic carbocycles. The van der Waals surface area contributed by atoms with E-state index in [1.54, 1.807) is 17.7 Å². The van der Waals surface area contributed by atoms with Crippen LogP contribution in [0.1, 0.15) is 28.7 Å². The van der Waals surface area contributed by atoms with Crippen LogP contribution in [-0.4, -0.2) is 56.7 Å². The number of aromatic nitrogens is 2. The van der Waals surface area contributed by atoms with Gasteiger partial charge < -0.3 is 15.3 Å². The van der Waals surface area contributed by atoms with E-state index in [2.05, 4.69) is 10.4 Å². The van der Waals surface area contributed by atoms with Crippen LogP contribution < -0.4 is 5.32 Å². The number of rotatable bonds is 4. The van der Waals surface area contributed by atoms with Gasteiger partial charge in [-0.2, -0.15) is 5.10 Å². The zero-order valence-corrected chi connectivity index (χ0v) is 15.1. The average molecular weight is 364 g/mol. The highest BCUT2D eigenvalue weighted by Crippen LogP contribution is 2.27. The van der Waals surface area contributed by atoms with Gasteiger partial charge >= 0.3 is 5.97 Å². The third kappa shape index (κ3) is 3.23. The fourth-order valence-electron chi connectivity index (χ4n) is 3.08. The normalized spacial score (nSPS) is 18.5. The van der Waals surface area contributed by atoms with Crippen LogP contribution in [-0.2, 0) is 16.6 Å². The number of thiophene rings is 1. The third-order valence-corrected chi connectivity index (χ3v) is 5.69. The molecule has 2 atom stereocenters. The van der Waals surface area contributed by atoms with Crippen molar-refractivity contribution in [2.24, 2.45) is 13.0 Å². The summed E-state index contributed by atoms with van der Waals surface area (Å²) < 4.78 is 1.73. The molecule has 1 aliphatic heterocycles. The quantitative estimate of drug-likeness (QED) is 0.842. The first kappa shape index (κ1) is 17.4. The van der Waals surface area contributed by atoms with E-state index in [1.807, 2.05) is 14.0 Å². The lowest BCUT2D eigenvalue weighted by atomic mass is 10.1. The van der Waals surface area contributed by atoms with Crippen LogP contribution >= 0.6 is 11.3 Å². The molecule has 2 N–H and O–H groups in total. The molecule has 0 bridgehead atoms. The van der Waals surface area contributed by atoms with Gasteiger partial charge in [0.15, 0.2) is 0 Å². The summed E-state index contributed by atoms with van der Waals surface area (Å²) in [6.45, 7) is 4.11. The molecule has 0 spiro atoms. The summed E-state index contributed by atoms with van der Waals surface area (Å²) >= 11 is 1.33. The molecule has 134 valence electrons. The second-order valence-corrected chi connectivity index (χ2v) is 7.37. The maximum Gasteiger partial charge on any atom is 0.308 e. The van der Waals surface area contributed by atoms with Gasteiger partial charge in [-0.25, -0.2) is 0 Å².